The summed E-state index contributed by atoms with van der Waals surface area (Å²) in [7, 11) is -15.2. The number of nitrogens with two attached hydrogens (primary N) is 1. The van der Waals surface area contributed by atoms with E-state index in [0.29, 0.717) is 5.06 Å². The number of hydrogen-bond acceptors (Lipinski definition) is 16. The van der Waals surface area contributed by atoms with Gasteiger partial charge in [0, 0.05) is 54.6 Å². The van der Waals surface area contributed by atoms with Crippen LogP contribution < -0.4 is 11.1 Å². The predicted molar refractivity (Wildman–Crippen MR) is 187 cm³/mol. The van der Waals surface area contributed by atoms with Crippen molar-refractivity contribution in [3.05, 3.63) is 59.5 Å². The number of nitrogens with one attached hydrogen (secondary N) is 1. The van der Waals surface area contributed by atoms with Crippen LogP contribution in [0.4, 0.5) is 5.69 Å². The van der Waals surface area contributed by atoms with E-state index in [2.05, 4.69) is 0 Å². The Bertz CT molecular complexity index is 2570. The molecule has 2 heterocycles. The molecule has 2 aliphatic heterocycles. The van der Waals surface area contributed by atoms with Gasteiger partial charge in [-0.3, -0.25) is 15.0 Å². The lowest BCUT2D eigenvalue weighted by Crippen LogP contribution is -2.34. The highest BCUT2D eigenvalue weighted by atomic mass is 32.2. The molecule has 5 rings (SSSR count). The number of fused-ring (bicyclic) bond motifs is 2. The van der Waals surface area contributed by atoms with E-state index < -0.39 is 105 Å². The summed E-state index contributed by atoms with van der Waals surface area (Å²) >= 11 is 0. The van der Waals surface area contributed by atoms with Crippen molar-refractivity contribution in [2.75, 3.05) is 24.6 Å². The van der Waals surface area contributed by atoms with Crippen molar-refractivity contribution in [1.29, 1.82) is 5.41 Å². The molecular formula is C33H32N4O15S3-2. The number of hydroxylamine groups is 2. The number of carboxylic acid groups (broad SMARTS) is 1. The van der Waals surface area contributed by atoms with Crippen LogP contribution in [-0.4, -0.2) is 91.4 Å². The van der Waals surface area contributed by atoms with Crippen LogP contribution in [0.3, 0.4) is 0 Å². The van der Waals surface area contributed by atoms with Crippen LogP contribution >= 0.6 is 0 Å². The summed E-state index contributed by atoms with van der Waals surface area (Å²) < 4.78 is 108. The third-order valence-electron chi connectivity index (χ3n) is 8.56. The third kappa shape index (κ3) is 8.84. The fraction of sp³-hybridized carbons (Fsp3) is 0.303. The van der Waals surface area contributed by atoms with E-state index in [1.807, 2.05) is 0 Å². The summed E-state index contributed by atoms with van der Waals surface area (Å²) in [5, 5.41) is 17.7. The van der Waals surface area contributed by atoms with Gasteiger partial charge in [0.25, 0.3) is 11.8 Å². The molecule has 2 amide bonds. The number of rotatable bonds is 16. The molecule has 0 aromatic heterocycles. The first-order valence-electron chi connectivity index (χ1n) is 16.4. The number of imide groups is 1. The van der Waals surface area contributed by atoms with E-state index in [1.54, 1.807) is 0 Å². The van der Waals surface area contributed by atoms with Gasteiger partial charge in [-0.2, -0.15) is 4.31 Å². The van der Waals surface area contributed by atoms with Crippen LogP contribution in [0.5, 0.6) is 0 Å². The SMILES string of the molecule is N=c1ccc2c(-c3ccccc3C(=O)O)c3ccc(N)c(S(=O)(=O)N(CCCCCC(=O)ON4C(=O)CCC4=O)CCCS(=O)(=O)[O-])c3oc-2c1S(=O)(=O)[O-]. The Labute approximate surface area is 313 Å². The van der Waals surface area contributed by atoms with Gasteiger partial charge < -0.3 is 29.2 Å². The maximum Gasteiger partial charge on any atom is 0.336 e. The highest BCUT2D eigenvalue weighted by Gasteiger charge is 2.35. The van der Waals surface area contributed by atoms with Gasteiger partial charge in [-0.05, 0) is 55.2 Å². The van der Waals surface area contributed by atoms with E-state index in [4.69, 9.17) is 20.4 Å². The van der Waals surface area contributed by atoms with E-state index in [0.717, 1.165) is 16.4 Å². The van der Waals surface area contributed by atoms with Gasteiger partial charge in [-0.15, -0.1) is 5.06 Å². The Kier molecular flexibility index (Phi) is 11.8. The van der Waals surface area contributed by atoms with Crippen LogP contribution in [0, 0.1) is 5.41 Å². The average Bonchev–Trinajstić information content (AvgIpc) is 3.40. The quantitative estimate of drug-likeness (QED) is 0.0478. The van der Waals surface area contributed by atoms with Crippen molar-refractivity contribution in [3.8, 4) is 22.5 Å². The lowest BCUT2D eigenvalue weighted by molar-refractivity contribution is -0.197. The lowest BCUT2D eigenvalue weighted by Gasteiger charge is -2.25. The van der Waals surface area contributed by atoms with Crippen LogP contribution in [0.1, 0.15) is 55.3 Å². The molecule has 0 bridgehead atoms. The molecule has 22 heteroatoms. The van der Waals surface area contributed by atoms with Crippen molar-refractivity contribution in [3.63, 3.8) is 0 Å². The fourth-order valence-electron chi connectivity index (χ4n) is 6.11. The number of aromatic carboxylic acids is 1. The molecule has 1 saturated heterocycles. The van der Waals surface area contributed by atoms with Crippen LogP contribution in [0.25, 0.3) is 33.4 Å². The van der Waals surface area contributed by atoms with Gasteiger partial charge in [0.05, 0.1) is 26.7 Å². The highest BCUT2D eigenvalue weighted by Crippen LogP contribution is 2.46. The number of anilines is 1. The van der Waals surface area contributed by atoms with Crippen LogP contribution in [0.2, 0.25) is 0 Å². The minimum Gasteiger partial charge on any atom is -0.748 e. The van der Waals surface area contributed by atoms with Gasteiger partial charge >= 0.3 is 11.9 Å². The molecule has 19 nitrogen and oxygen atoms in total. The molecule has 0 atom stereocenters. The smallest absolute Gasteiger partial charge is 0.336 e. The zero-order valence-corrected chi connectivity index (χ0v) is 31.0. The molecule has 55 heavy (non-hydrogen) atoms. The molecule has 2 aromatic rings. The van der Waals surface area contributed by atoms with Crippen molar-refractivity contribution in [2.24, 2.45) is 0 Å². The second-order valence-corrected chi connectivity index (χ2v) is 17.1. The number of benzene rings is 3. The third-order valence-corrected chi connectivity index (χ3v) is 12.2. The van der Waals surface area contributed by atoms with Crippen molar-refractivity contribution in [2.45, 2.75) is 54.7 Å². The van der Waals surface area contributed by atoms with Crippen molar-refractivity contribution < 1.29 is 67.9 Å². The van der Waals surface area contributed by atoms with Crippen molar-refractivity contribution >= 4 is 70.7 Å². The number of carbonyl (C=O) groups excluding carboxylic acids is 3. The number of sulfonamides is 1. The fourth-order valence-corrected chi connectivity index (χ4v) is 9.06. The summed E-state index contributed by atoms with van der Waals surface area (Å²) in [5.74, 6) is -5.36. The van der Waals surface area contributed by atoms with E-state index in [1.165, 1.54) is 36.4 Å². The summed E-state index contributed by atoms with van der Waals surface area (Å²) in [6, 6.07) is 10.1. The van der Waals surface area contributed by atoms with E-state index in [9.17, 15) is 58.6 Å². The Balaban J connectivity index is 1.61. The minimum absolute atomic E-state index is 0.0287. The molecule has 0 radical (unpaired) electrons. The summed E-state index contributed by atoms with van der Waals surface area (Å²) in [6.45, 7) is -0.908. The normalized spacial score (nSPS) is 14.0. The molecule has 1 fully saturated rings. The Morgan fingerprint density at radius 1 is 0.873 bits per heavy atom. The van der Waals surface area contributed by atoms with Gasteiger partial charge in [0.2, 0.25) is 10.0 Å². The van der Waals surface area contributed by atoms with E-state index >= 15 is 0 Å². The molecule has 1 aliphatic carbocycles. The Morgan fingerprint density at radius 3 is 2.16 bits per heavy atom. The molecule has 0 unspecified atom stereocenters. The number of nitrogens with zero attached hydrogens (tertiary/aromatic N) is 2. The number of carbonyl (C=O) groups is 4. The molecule has 4 N–H and O–H groups in total. The molecular weight excluding hydrogens is 789 g/mol. The largest absolute Gasteiger partial charge is 0.748 e. The van der Waals surface area contributed by atoms with Gasteiger partial charge in [-0.1, -0.05) is 24.6 Å². The van der Waals surface area contributed by atoms with Gasteiger partial charge in [0.15, 0.2) is 11.3 Å². The minimum atomic E-state index is -5.48. The molecule has 3 aliphatic rings. The zero-order chi connectivity index (χ0) is 40.5. The number of amides is 2. The number of carboxylic acids is 1. The highest BCUT2D eigenvalue weighted by molar-refractivity contribution is 7.89. The average molecular weight is 821 g/mol. The summed E-state index contributed by atoms with van der Waals surface area (Å²) in [6.07, 6.45) is -0.644. The van der Waals surface area contributed by atoms with Gasteiger partial charge in [-0.25, -0.2) is 34.8 Å². The second kappa shape index (κ2) is 15.8. The van der Waals surface area contributed by atoms with Crippen molar-refractivity contribution in [1.82, 2.24) is 9.37 Å². The second-order valence-electron chi connectivity index (χ2n) is 12.3. The van der Waals surface area contributed by atoms with E-state index in [-0.39, 0.29) is 72.7 Å². The Hall–Kier alpha value is -5.26. The van der Waals surface area contributed by atoms with Gasteiger partial charge in [0.1, 0.15) is 19.9 Å². The first-order valence-corrected chi connectivity index (χ1v) is 20.8. The first kappa shape index (κ1) is 40.9. The van der Waals surface area contributed by atoms with Crippen LogP contribution in [-0.2, 0) is 49.5 Å². The molecule has 2 aromatic carbocycles. The number of hydrogen-bond donors (Lipinski definition) is 3. The first-order chi connectivity index (χ1) is 25.7. The standard InChI is InChI=1S/C33H34N4O15S3/c34-23-12-10-21-28(19-7-3-4-8-20(19)33(41)42)22-11-13-24(35)32(55(48,49)50)30(22)51-29(21)31(23)54(46,47)36(17-6-18-53(43,44)45)16-5-1-2-9-27(40)52-37-25(38)14-15-26(37)39/h3-4,7-8,10-13,35H,1-2,5-6,9,14-18,34H2,(H,41,42)(H,43,44,45)(H,48,49,50)/p-2. The maximum atomic E-state index is 14.6. The maximum absolute atomic E-state index is 14.6. The summed E-state index contributed by atoms with van der Waals surface area (Å²) in [4.78, 5) is 50.9. The summed E-state index contributed by atoms with van der Waals surface area (Å²) in [5.41, 5.74) is 4.56. The van der Waals surface area contributed by atoms with Crippen LogP contribution in [0.15, 0.2) is 62.7 Å². The molecule has 0 saturated carbocycles. The number of nitrogen functional groups attached to an aromatic ring is 1. The lowest BCUT2D eigenvalue weighted by atomic mass is 9.90. The predicted octanol–water partition coefficient (Wildman–Crippen LogP) is 1.96. The monoisotopic (exact) mass is 820 g/mol. The Morgan fingerprint density at radius 2 is 1.53 bits per heavy atom. The molecule has 294 valence electrons. The zero-order valence-electron chi connectivity index (χ0n) is 28.5. The topological polar surface area (TPSA) is 316 Å². The number of unbranched alkanes of at least 4 members (excludes halogenated alkanes) is 2. The molecule has 0 spiro atoms.